The van der Waals surface area contributed by atoms with E-state index >= 15 is 0 Å². The average molecular weight is 311 g/mol. The van der Waals surface area contributed by atoms with E-state index in [1.165, 1.54) is 6.92 Å². The van der Waals surface area contributed by atoms with Crippen LogP contribution in [0.3, 0.4) is 0 Å². The first-order valence-electron chi connectivity index (χ1n) is 7.29. The van der Waals surface area contributed by atoms with Gasteiger partial charge in [0.15, 0.2) is 5.82 Å². The molecule has 1 aromatic heterocycles. The zero-order valence-electron chi connectivity index (χ0n) is 13.9. The monoisotopic (exact) mass is 311 g/mol. The molecule has 0 aliphatic carbocycles. The molecule has 7 nitrogen and oxygen atoms in total. The molecule has 2 amide bonds. The number of aliphatic hydroxyl groups is 1. The van der Waals surface area contributed by atoms with Crippen molar-refractivity contribution < 1.29 is 19.2 Å². The summed E-state index contributed by atoms with van der Waals surface area (Å²) >= 11 is 0. The van der Waals surface area contributed by atoms with E-state index < -0.39 is 24.0 Å². The van der Waals surface area contributed by atoms with E-state index in [0.29, 0.717) is 11.6 Å². The number of hydrogen-bond donors (Lipinski definition) is 3. The van der Waals surface area contributed by atoms with Gasteiger partial charge < -0.3 is 20.3 Å². The third kappa shape index (κ3) is 4.84. The van der Waals surface area contributed by atoms with Crippen LogP contribution in [0.2, 0.25) is 0 Å². The maximum atomic E-state index is 12.0. The standard InChI is InChI=1S/C15H25N3O4/c1-8(2)12(19)14(21)16-9(3)13(20)17-11-7-10(22-18-11)15(4,5)6/h7-9,12,19H,1-6H3,(H,16,21)(H,17,18,20). The van der Waals surface area contributed by atoms with E-state index in [9.17, 15) is 14.7 Å². The van der Waals surface area contributed by atoms with Crippen molar-refractivity contribution in [2.45, 2.75) is 59.1 Å². The third-order valence-electron chi connectivity index (χ3n) is 3.15. The highest BCUT2D eigenvalue weighted by molar-refractivity contribution is 5.96. The molecule has 0 bridgehead atoms. The fraction of sp³-hybridized carbons (Fsp3) is 0.667. The number of carbonyl (C=O) groups excluding carboxylic acids is 2. The molecule has 0 spiro atoms. The van der Waals surface area contributed by atoms with Gasteiger partial charge in [0.05, 0.1) is 0 Å². The van der Waals surface area contributed by atoms with Gasteiger partial charge in [-0.25, -0.2) is 0 Å². The Morgan fingerprint density at radius 3 is 2.27 bits per heavy atom. The van der Waals surface area contributed by atoms with Gasteiger partial charge in [-0.1, -0.05) is 39.8 Å². The molecule has 3 N–H and O–H groups in total. The van der Waals surface area contributed by atoms with Crippen LogP contribution in [-0.4, -0.2) is 34.2 Å². The number of carbonyl (C=O) groups is 2. The molecule has 0 aliphatic heterocycles. The smallest absolute Gasteiger partial charge is 0.249 e. The van der Waals surface area contributed by atoms with E-state index in [2.05, 4.69) is 15.8 Å². The van der Waals surface area contributed by atoms with Crippen molar-refractivity contribution in [2.24, 2.45) is 5.92 Å². The molecule has 0 aliphatic rings. The zero-order valence-corrected chi connectivity index (χ0v) is 13.9. The molecule has 0 saturated heterocycles. The summed E-state index contributed by atoms with van der Waals surface area (Å²) < 4.78 is 5.17. The summed E-state index contributed by atoms with van der Waals surface area (Å²) in [5, 5.41) is 18.4. The predicted octanol–water partition coefficient (Wildman–Crippen LogP) is 1.43. The normalized spacial score (nSPS) is 14.5. The third-order valence-corrected chi connectivity index (χ3v) is 3.15. The van der Waals surface area contributed by atoms with Crippen molar-refractivity contribution in [3.63, 3.8) is 0 Å². The van der Waals surface area contributed by atoms with Gasteiger partial charge in [0.25, 0.3) is 0 Å². The Labute approximate surface area is 130 Å². The highest BCUT2D eigenvalue weighted by atomic mass is 16.5. The number of amides is 2. The van der Waals surface area contributed by atoms with Crippen LogP contribution in [0, 0.1) is 5.92 Å². The van der Waals surface area contributed by atoms with Crippen molar-refractivity contribution in [3.05, 3.63) is 11.8 Å². The number of anilines is 1. The van der Waals surface area contributed by atoms with Crippen LogP contribution in [0.15, 0.2) is 10.6 Å². The molecule has 1 aromatic rings. The molecular formula is C15H25N3O4. The summed E-state index contributed by atoms with van der Waals surface area (Å²) in [5.74, 6) is -0.290. The molecule has 0 aromatic carbocycles. The van der Waals surface area contributed by atoms with Gasteiger partial charge in [-0.2, -0.15) is 0 Å². The average Bonchev–Trinajstić information content (AvgIpc) is 2.85. The number of hydrogen-bond acceptors (Lipinski definition) is 5. The van der Waals surface area contributed by atoms with Gasteiger partial charge in [0.2, 0.25) is 11.8 Å². The summed E-state index contributed by atoms with van der Waals surface area (Å²) in [6, 6.07) is 0.853. The lowest BCUT2D eigenvalue weighted by atomic mass is 9.93. The highest BCUT2D eigenvalue weighted by Crippen LogP contribution is 2.24. The van der Waals surface area contributed by atoms with Crippen LogP contribution in [0.4, 0.5) is 5.82 Å². The van der Waals surface area contributed by atoms with Crippen molar-refractivity contribution >= 4 is 17.6 Å². The number of aliphatic hydroxyl groups excluding tert-OH is 1. The van der Waals surface area contributed by atoms with Crippen molar-refractivity contribution in [1.29, 1.82) is 0 Å². The van der Waals surface area contributed by atoms with Crippen molar-refractivity contribution in [3.8, 4) is 0 Å². The highest BCUT2D eigenvalue weighted by Gasteiger charge is 2.24. The molecule has 0 radical (unpaired) electrons. The molecule has 2 atom stereocenters. The first-order chi connectivity index (χ1) is 10.0. The lowest BCUT2D eigenvalue weighted by Gasteiger charge is -2.18. The Hall–Kier alpha value is -1.89. The second kappa shape index (κ2) is 6.91. The topological polar surface area (TPSA) is 104 Å². The second-order valence-corrected chi connectivity index (χ2v) is 6.73. The second-order valence-electron chi connectivity index (χ2n) is 6.73. The zero-order chi connectivity index (χ0) is 17.1. The van der Waals surface area contributed by atoms with Crippen molar-refractivity contribution in [2.75, 3.05) is 5.32 Å². The van der Waals surface area contributed by atoms with Gasteiger partial charge >= 0.3 is 0 Å². The number of nitrogens with zero attached hydrogens (tertiary/aromatic N) is 1. The lowest BCUT2D eigenvalue weighted by molar-refractivity contribution is -0.134. The lowest BCUT2D eigenvalue weighted by Crippen LogP contribution is -2.47. The Kier molecular flexibility index (Phi) is 5.71. The summed E-state index contributed by atoms with van der Waals surface area (Å²) in [4.78, 5) is 23.7. The van der Waals surface area contributed by atoms with Gasteiger partial charge in [-0.05, 0) is 12.8 Å². The minimum atomic E-state index is -1.14. The summed E-state index contributed by atoms with van der Waals surface area (Å²) in [6.45, 7) is 10.9. The van der Waals surface area contributed by atoms with E-state index in [-0.39, 0.29) is 11.3 Å². The summed E-state index contributed by atoms with van der Waals surface area (Å²) in [7, 11) is 0. The van der Waals surface area contributed by atoms with Crippen LogP contribution in [0.25, 0.3) is 0 Å². The fourth-order valence-corrected chi connectivity index (χ4v) is 1.59. The van der Waals surface area contributed by atoms with E-state index in [4.69, 9.17) is 4.52 Å². The predicted molar refractivity (Wildman–Crippen MR) is 82.3 cm³/mol. The van der Waals surface area contributed by atoms with Crippen LogP contribution in [0.5, 0.6) is 0 Å². The van der Waals surface area contributed by atoms with E-state index in [1.807, 2.05) is 20.8 Å². The Morgan fingerprint density at radius 1 is 1.23 bits per heavy atom. The first-order valence-corrected chi connectivity index (χ1v) is 7.29. The molecule has 22 heavy (non-hydrogen) atoms. The molecule has 2 unspecified atom stereocenters. The van der Waals surface area contributed by atoms with Crippen LogP contribution in [0.1, 0.15) is 47.3 Å². The maximum absolute atomic E-state index is 12.0. The molecule has 1 heterocycles. The first kappa shape index (κ1) is 18.2. The quantitative estimate of drug-likeness (QED) is 0.763. The Balaban J connectivity index is 2.61. The van der Waals surface area contributed by atoms with Gasteiger partial charge in [-0.3, -0.25) is 9.59 Å². The Bertz CT molecular complexity index is 531. The van der Waals surface area contributed by atoms with E-state index in [0.717, 1.165) is 0 Å². The number of nitrogens with one attached hydrogen (secondary N) is 2. The summed E-state index contributed by atoms with van der Waals surface area (Å²) in [6.07, 6.45) is -1.14. The van der Waals surface area contributed by atoms with Gasteiger partial charge in [-0.15, -0.1) is 0 Å². The Morgan fingerprint density at radius 2 is 1.82 bits per heavy atom. The SMILES string of the molecule is CC(NC(=O)C(O)C(C)C)C(=O)Nc1cc(C(C)(C)C)on1. The van der Waals surface area contributed by atoms with Crippen LogP contribution >= 0.6 is 0 Å². The molecule has 0 saturated carbocycles. The number of aromatic nitrogens is 1. The van der Waals surface area contributed by atoms with Crippen LogP contribution in [-0.2, 0) is 15.0 Å². The largest absolute Gasteiger partial charge is 0.383 e. The van der Waals surface area contributed by atoms with Crippen molar-refractivity contribution in [1.82, 2.24) is 10.5 Å². The molecule has 0 fully saturated rings. The molecule has 1 rings (SSSR count). The minimum absolute atomic E-state index is 0.211. The molecule has 124 valence electrons. The summed E-state index contributed by atoms with van der Waals surface area (Å²) in [5.41, 5.74) is -0.211. The van der Waals surface area contributed by atoms with E-state index in [1.54, 1.807) is 19.9 Å². The van der Waals surface area contributed by atoms with Gasteiger partial charge in [0, 0.05) is 11.5 Å². The maximum Gasteiger partial charge on any atom is 0.249 e. The van der Waals surface area contributed by atoms with Gasteiger partial charge in [0.1, 0.15) is 17.9 Å². The minimum Gasteiger partial charge on any atom is -0.383 e. The van der Waals surface area contributed by atoms with Crippen LogP contribution < -0.4 is 10.6 Å². The molecule has 7 heteroatoms. The molecular weight excluding hydrogens is 286 g/mol. The number of rotatable bonds is 5. The fourth-order valence-electron chi connectivity index (χ4n) is 1.59.